The highest BCUT2D eigenvalue weighted by Gasteiger charge is 2.49. The largest absolute Gasteiger partial charge is 0.354 e. The average Bonchev–Trinajstić information content (AvgIpc) is 4.21. The average molecular weight is 845 g/mol. The number of benzene rings is 3. The lowest BCUT2D eigenvalue weighted by Crippen LogP contribution is -2.60. The van der Waals surface area contributed by atoms with Crippen molar-refractivity contribution in [3.8, 4) is 0 Å². The third-order valence-corrected chi connectivity index (χ3v) is 13.5. The molecule has 3 aromatic rings. The van der Waals surface area contributed by atoms with Crippen LogP contribution in [0.15, 0.2) is 84.9 Å². The van der Waals surface area contributed by atoms with Crippen LogP contribution in [0.2, 0.25) is 0 Å². The Hall–Kier alpha value is -5.03. The van der Waals surface area contributed by atoms with Gasteiger partial charge in [-0.25, -0.2) is 0 Å². The monoisotopic (exact) mass is 845 g/mol. The molecule has 0 bridgehead atoms. The van der Waals surface area contributed by atoms with Gasteiger partial charge < -0.3 is 25.8 Å². The maximum absolute atomic E-state index is 14.1. The van der Waals surface area contributed by atoms with Gasteiger partial charge in [-0.1, -0.05) is 132 Å². The third-order valence-electron chi connectivity index (χ3n) is 13.5. The molecule has 2 heterocycles. The van der Waals surface area contributed by atoms with Gasteiger partial charge in [0, 0.05) is 81.7 Å². The quantitative estimate of drug-likeness (QED) is 0.101. The van der Waals surface area contributed by atoms with Crippen molar-refractivity contribution >= 4 is 29.5 Å². The number of carbonyl (C=O) groups excluding carboxylic acids is 5. The Kier molecular flexibility index (Phi) is 15.9. The number of carbonyl (C=O) groups is 5. The molecule has 0 aromatic heterocycles. The Morgan fingerprint density at radius 3 is 1.71 bits per heavy atom. The van der Waals surface area contributed by atoms with Gasteiger partial charge >= 0.3 is 0 Å². The molecule has 5 amide bonds. The lowest BCUT2D eigenvalue weighted by atomic mass is 9.94. The fourth-order valence-electron chi connectivity index (χ4n) is 9.53. The van der Waals surface area contributed by atoms with E-state index < -0.39 is 17.9 Å². The predicted octanol–water partition coefficient (Wildman–Crippen LogP) is 6.79. The highest BCUT2D eigenvalue weighted by molar-refractivity contribution is 5.97. The molecule has 0 unspecified atom stereocenters. The fourth-order valence-corrected chi connectivity index (χ4v) is 9.53. The summed E-state index contributed by atoms with van der Waals surface area (Å²) in [4.78, 5) is 74.6. The lowest BCUT2D eigenvalue weighted by Gasteiger charge is -2.40. The molecule has 62 heavy (non-hydrogen) atoms. The number of nitrogens with one attached hydrogen (secondary N) is 3. The summed E-state index contributed by atoms with van der Waals surface area (Å²) in [5, 5.41) is 9.56. The van der Waals surface area contributed by atoms with Crippen molar-refractivity contribution in [3.05, 3.63) is 107 Å². The van der Waals surface area contributed by atoms with Crippen molar-refractivity contribution in [2.75, 3.05) is 39.3 Å². The highest BCUT2D eigenvalue weighted by atomic mass is 16.2. The summed E-state index contributed by atoms with van der Waals surface area (Å²) in [6, 6.07) is 27.4. The molecule has 2 aliphatic heterocycles. The molecule has 11 heteroatoms. The van der Waals surface area contributed by atoms with Gasteiger partial charge in [-0.05, 0) is 54.5 Å². The number of hydrogen-bond donors (Lipinski definition) is 3. The van der Waals surface area contributed by atoms with Crippen molar-refractivity contribution < 1.29 is 24.0 Å². The van der Waals surface area contributed by atoms with Gasteiger partial charge in [-0.2, -0.15) is 0 Å². The summed E-state index contributed by atoms with van der Waals surface area (Å²) in [5.41, 5.74) is 3.89. The van der Waals surface area contributed by atoms with Crippen molar-refractivity contribution in [2.45, 2.75) is 127 Å². The number of likely N-dealkylation sites (tertiary alicyclic amines) is 1. The first-order valence-electron chi connectivity index (χ1n) is 23.6. The smallest absolute Gasteiger partial charge is 0.253 e. The molecule has 11 nitrogen and oxygen atoms in total. The fraction of sp³-hybridized carbons (Fsp3) is 0.549. The van der Waals surface area contributed by atoms with Gasteiger partial charge in [-0.3, -0.25) is 28.9 Å². The minimum Gasteiger partial charge on any atom is -0.354 e. The summed E-state index contributed by atoms with van der Waals surface area (Å²) < 4.78 is 0. The lowest BCUT2D eigenvalue weighted by molar-refractivity contribution is -0.144. The molecular weight excluding hydrogens is 777 g/mol. The molecule has 0 radical (unpaired) electrons. The van der Waals surface area contributed by atoms with E-state index in [1.54, 1.807) is 9.80 Å². The topological polar surface area (TPSA) is 131 Å². The molecule has 2 saturated heterocycles. The zero-order chi connectivity index (χ0) is 43.4. The Balaban J connectivity index is 0.968. The van der Waals surface area contributed by atoms with Gasteiger partial charge in [0.25, 0.3) is 5.91 Å². The van der Waals surface area contributed by atoms with Crippen LogP contribution in [0.1, 0.15) is 130 Å². The van der Waals surface area contributed by atoms with Crippen LogP contribution in [0.4, 0.5) is 0 Å². The zero-order valence-corrected chi connectivity index (χ0v) is 36.9. The standard InChI is InChI=1S/C51H68N6O5/c1-3-5-7-9-16-22-47(58)57-29-28-55(35-46(57)50(61)52-27-17-8-6-4-2)32-36-23-25-39(26-24-36)51(62)56-33-42(48(59)53-44-30-40(44)37-18-12-10-13-19-37)43(34-56)49(60)54-45-31-41(45)38-20-14-11-15-21-38/h10-15,18-21,23-26,40-46H,3-9,16-17,22,27-35H2,1-2H3,(H,52,61)(H,53,59)(H,54,60)/t40-,41-,42-,43-,44+,45+,46+/m1/s1. The van der Waals surface area contributed by atoms with E-state index in [0.29, 0.717) is 44.7 Å². The highest BCUT2D eigenvalue weighted by Crippen LogP contribution is 2.42. The Bertz CT molecular complexity index is 1880. The van der Waals surface area contributed by atoms with E-state index in [0.717, 1.165) is 69.8 Å². The molecule has 3 aromatic carbocycles. The molecule has 4 aliphatic rings. The molecule has 3 N–H and O–H groups in total. The van der Waals surface area contributed by atoms with E-state index in [1.807, 2.05) is 60.7 Å². The van der Waals surface area contributed by atoms with E-state index in [2.05, 4.69) is 59.0 Å². The van der Waals surface area contributed by atoms with Crippen LogP contribution in [-0.2, 0) is 25.7 Å². The predicted molar refractivity (Wildman–Crippen MR) is 242 cm³/mol. The van der Waals surface area contributed by atoms with Gasteiger partial charge in [-0.15, -0.1) is 0 Å². The van der Waals surface area contributed by atoms with E-state index >= 15 is 0 Å². The first-order chi connectivity index (χ1) is 30.2. The van der Waals surface area contributed by atoms with Crippen LogP contribution in [0.3, 0.4) is 0 Å². The van der Waals surface area contributed by atoms with Gasteiger partial charge in [0.05, 0.1) is 11.8 Å². The summed E-state index contributed by atoms with van der Waals surface area (Å²) in [7, 11) is 0. The number of rotatable bonds is 21. The van der Waals surface area contributed by atoms with E-state index in [1.165, 1.54) is 17.5 Å². The molecule has 332 valence electrons. The number of nitrogens with zero attached hydrogens (tertiary/aromatic N) is 3. The van der Waals surface area contributed by atoms with Crippen LogP contribution in [0.5, 0.6) is 0 Å². The van der Waals surface area contributed by atoms with Gasteiger partial charge in [0.2, 0.25) is 23.6 Å². The molecular formula is C51H68N6O5. The number of unbranched alkanes of at least 4 members (excludes halogenated alkanes) is 7. The third kappa shape index (κ3) is 11.9. The molecule has 4 fully saturated rings. The maximum atomic E-state index is 14.1. The van der Waals surface area contributed by atoms with Crippen LogP contribution in [0.25, 0.3) is 0 Å². The van der Waals surface area contributed by atoms with E-state index in [4.69, 9.17) is 0 Å². The second-order valence-electron chi connectivity index (χ2n) is 18.2. The van der Waals surface area contributed by atoms with E-state index in [9.17, 15) is 24.0 Å². The SMILES string of the molecule is CCCCCCCC(=O)N1CCN(Cc2ccc(C(=O)N3C[C@@H](C(=O)N[C@H]4C[C@@H]4c4ccccc4)[C@H](C(=O)N[C@H]4C[C@@H]4c4ccccc4)C3)cc2)C[C@H]1C(=O)NCCCCCC. The first-order valence-corrected chi connectivity index (χ1v) is 23.6. The Morgan fingerprint density at radius 1 is 0.597 bits per heavy atom. The summed E-state index contributed by atoms with van der Waals surface area (Å²) in [6.07, 6.45) is 11.8. The van der Waals surface area contributed by atoms with E-state index in [-0.39, 0.29) is 66.5 Å². The molecule has 7 rings (SSSR count). The van der Waals surface area contributed by atoms with Crippen LogP contribution in [-0.4, -0.2) is 102 Å². The number of amides is 5. The molecule has 7 atom stereocenters. The Morgan fingerprint density at radius 2 is 1.15 bits per heavy atom. The van der Waals surface area contributed by atoms with Crippen molar-refractivity contribution in [3.63, 3.8) is 0 Å². The second-order valence-corrected chi connectivity index (χ2v) is 18.2. The van der Waals surface area contributed by atoms with Crippen molar-refractivity contribution in [1.29, 1.82) is 0 Å². The van der Waals surface area contributed by atoms with Crippen LogP contribution >= 0.6 is 0 Å². The summed E-state index contributed by atoms with van der Waals surface area (Å²) in [5.74, 6) is -1.38. The number of hydrogen-bond acceptors (Lipinski definition) is 6. The van der Waals surface area contributed by atoms with Gasteiger partial charge in [0.1, 0.15) is 6.04 Å². The summed E-state index contributed by atoms with van der Waals surface area (Å²) in [6.45, 7) is 7.49. The molecule has 2 aliphatic carbocycles. The molecule has 2 saturated carbocycles. The zero-order valence-electron chi connectivity index (χ0n) is 36.9. The van der Waals surface area contributed by atoms with Crippen LogP contribution in [0, 0.1) is 11.8 Å². The first kappa shape index (κ1) is 45.0. The maximum Gasteiger partial charge on any atom is 0.253 e. The normalized spacial score (nSPS) is 24.3. The molecule has 0 spiro atoms. The van der Waals surface area contributed by atoms with Gasteiger partial charge in [0.15, 0.2) is 0 Å². The minimum absolute atomic E-state index is 0.0146. The van der Waals surface area contributed by atoms with Crippen molar-refractivity contribution in [2.24, 2.45) is 11.8 Å². The summed E-state index contributed by atoms with van der Waals surface area (Å²) >= 11 is 0. The minimum atomic E-state index is -0.655. The Labute approximate surface area is 368 Å². The second kappa shape index (κ2) is 21.9. The van der Waals surface area contributed by atoms with Crippen LogP contribution < -0.4 is 16.0 Å². The van der Waals surface area contributed by atoms with Crippen molar-refractivity contribution in [1.82, 2.24) is 30.7 Å². The number of piperazine rings is 1.